The van der Waals surface area contributed by atoms with Crippen LogP contribution in [0.4, 0.5) is 4.39 Å². The first-order chi connectivity index (χ1) is 13.9. The SMILES string of the molecule is CN(Cc1c(F)cccc1Cl)S(=O)(=O)N1CCC(c2nnc3ccccn23)CC1. The summed E-state index contributed by atoms with van der Waals surface area (Å²) in [5.41, 5.74) is 0.948. The van der Waals surface area contributed by atoms with Crippen molar-refractivity contribution < 1.29 is 12.8 Å². The molecule has 0 atom stereocenters. The van der Waals surface area contributed by atoms with Crippen molar-refractivity contribution in [3.05, 3.63) is 64.8 Å². The molecule has 154 valence electrons. The van der Waals surface area contributed by atoms with Crippen molar-refractivity contribution in [1.82, 2.24) is 23.2 Å². The molecule has 0 radical (unpaired) electrons. The standard InChI is InChI=1S/C19H21ClFN5O2S/c1-24(13-15-16(20)5-4-6-17(15)21)29(27,28)25-11-8-14(9-12-25)19-23-22-18-7-2-3-10-26(18)19/h2-7,10,14H,8-9,11-13H2,1H3. The molecule has 1 aliphatic heterocycles. The Labute approximate surface area is 173 Å². The average Bonchev–Trinajstić information content (AvgIpc) is 3.15. The minimum absolute atomic E-state index is 0.122. The molecule has 0 N–H and O–H groups in total. The number of rotatable bonds is 5. The van der Waals surface area contributed by atoms with Crippen LogP contribution in [0.25, 0.3) is 5.65 Å². The highest BCUT2D eigenvalue weighted by Crippen LogP contribution is 2.29. The van der Waals surface area contributed by atoms with Gasteiger partial charge >= 0.3 is 0 Å². The first-order valence-electron chi connectivity index (χ1n) is 9.32. The molecule has 7 nitrogen and oxygen atoms in total. The van der Waals surface area contributed by atoms with E-state index in [-0.39, 0.29) is 23.0 Å². The molecule has 1 saturated heterocycles. The Morgan fingerprint density at radius 2 is 1.93 bits per heavy atom. The van der Waals surface area contributed by atoms with E-state index in [4.69, 9.17) is 11.6 Å². The van der Waals surface area contributed by atoms with Gasteiger partial charge in [-0.1, -0.05) is 23.7 Å². The molecule has 2 aromatic heterocycles. The normalized spacial score (nSPS) is 16.7. The van der Waals surface area contributed by atoms with Crippen LogP contribution in [-0.4, -0.2) is 51.8 Å². The van der Waals surface area contributed by atoms with Crippen molar-refractivity contribution in [2.75, 3.05) is 20.1 Å². The van der Waals surface area contributed by atoms with Gasteiger partial charge in [-0.15, -0.1) is 10.2 Å². The Morgan fingerprint density at radius 1 is 1.17 bits per heavy atom. The maximum atomic E-state index is 14.0. The fraction of sp³-hybridized carbons (Fsp3) is 0.368. The molecule has 1 aromatic carbocycles. The number of fused-ring (bicyclic) bond motifs is 1. The molecule has 1 aliphatic rings. The van der Waals surface area contributed by atoms with Crippen molar-refractivity contribution in [2.45, 2.75) is 25.3 Å². The molecular weight excluding hydrogens is 417 g/mol. The summed E-state index contributed by atoms with van der Waals surface area (Å²) < 4.78 is 44.5. The topological polar surface area (TPSA) is 70.8 Å². The second-order valence-corrected chi connectivity index (χ2v) is 9.57. The van der Waals surface area contributed by atoms with E-state index in [0.29, 0.717) is 25.9 Å². The fourth-order valence-corrected chi connectivity index (χ4v) is 5.25. The van der Waals surface area contributed by atoms with Gasteiger partial charge in [-0.3, -0.25) is 4.40 Å². The van der Waals surface area contributed by atoms with Crippen LogP contribution in [0.1, 0.15) is 30.1 Å². The lowest BCUT2D eigenvalue weighted by molar-refractivity contribution is 0.289. The maximum Gasteiger partial charge on any atom is 0.282 e. The molecule has 0 spiro atoms. The fourth-order valence-electron chi connectivity index (χ4n) is 3.67. The van der Waals surface area contributed by atoms with Gasteiger partial charge in [-0.25, -0.2) is 4.39 Å². The molecule has 0 aliphatic carbocycles. The summed E-state index contributed by atoms with van der Waals surface area (Å²) in [4.78, 5) is 0. The summed E-state index contributed by atoms with van der Waals surface area (Å²) in [6.07, 6.45) is 3.20. The second kappa shape index (κ2) is 7.98. The lowest BCUT2D eigenvalue weighted by Crippen LogP contribution is -2.45. The Kier molecular flexibility index (Phi) is 5.56. The van der Waals surface area contributed by atoms with Crippen molar-refractivity contribution in [3.8, 4) is 0 Å². The molecule has 0 unspecified atom stereocenters. The second-order valence-electron chi connectivity index (χ2n) is 7.12. The first kappa shape index (κ1) is 20.2. The highest BCUT2D eigenvalue weighted by molar-refractivity contribution is 7.86. The summed E-state index contributed by atoms with van der Waals surface area (Å²) in [7, 11) is -2.29. The third-order valence-electron chi connectivity index (χ3n) is 5.32. The monoisotopic (exact) mass is 437 g/mol. The molecule has 1 fully saturated rings. The molecule has 3 heterocycles. The third-order valence-corrected chi connectivity index (χ3v) is 7.61. The van der Waals surface area contributed by atoms with E-state index < -0.39 is 16.0 Å². The molecule has 10 heteroatoms. The number of aromatic nitrogens is 3. The van der Waals surface area contributed by atoms with E-state index in [9.17, 15) is 12.8 Å². The van der Waals surface area contributed by atoms with Gasteiger partial charge in [0.25, 0.3) is 10.2 Å². The van der Waals surface area contributed by atoms with Crippen molar-refractivity contribution in [1.29, 1.82) is 0 Å². The van der Waals surface area contributed by atoms with Crippen molar-refractivity contribution in [3.63, 3.8) is 0 Å². The van der Waals surface area contributed by atoms with Gasteiger partial charge in [-0.2, -0.15) is 17.0 Å². The van der Waals surface area contributed by atoms with Gasteiger partial charge in [0.05, 0.1) is 0 Å². The molecule has 0 amide bonds. The van der Waals surface area contributed by atoms with Gasteiger partial charge in [0, 0.05) is 49.4 Å². The number of hydrogen-bond acceptors (Lipinski definition) is 4. The van der Waals surface area contributed by atoms with Gasteiger partial charge in [0.1, 0.15) is 11.6 Å². The van der Waals surface area contributed by atoms with E-state index in [1.54, 1.807) is 6.07 Å². The minimum Gasteiger partial charge on any atom is -0.286 e. The number of piperidine rings is 1. The zero-order valence-corrected chi connectivity index (χ0v) is 17.4. The van der Waals surface area contributed by atoms with E-state index in [2.05, 4.69) is 10.2 Å². The Hall–Kier alpha value is -2.07. The average molecular weight is 438 g/mol. The van der Waals surface area contributed by atoms with Crippen LogP contribution in [0.2, 0.25) is 5.02 Å². The number of halogens is 2. The quantitative estimate of drug-likeness (QED) is 0.615. The zero-order chi connectivity index (χ0) is 20.6. The predicted molar refractivity (Wildman–Crippen MR) is 108 cm³/mol. The van der Waals surface area contributed by atoms with Crippen LogP contribution < -0.4 is 0 Å². The number of nitrogens with zero attached hydrogens (tertiary/aromatic N) is 5. The summed E-state index contributed by atoms with van der Waals surface area (Å²) in [6.45, 7) is 0.608. The number of benzene rings is 1. The molecule has 0 bridgehead atoms. The number of pyridine rings is 1. The van der Waals surface area contributed by atoms with Crippen LogP contribution in [0.15, 0.2) is 42.6 Å². The smallest absolute Gasteiger partial charge is 0.282 e. The number of hydrogen-bond donors (Lipinski definition) is 0. The first-order valence-corrected chi connectivity index (χ1v) is 11.1. The van der Waals surface area contributed by atoms with Gasteiger partial charge in [0.2, 0.25) is 0 Å². The van der Waals surface area contributed by atoms with Crippen LogP contribution in [-0.2, 0) is 16.8 Å². The lowest BCUT2D eigenvalue weighted by Gasteiger charge is -2.33. The van der Waals surface area contributed by atoms with Crippen LogP contribution in [0.5, 0.6) is 0 Å². The van der Waals surface area contributed by atoms with Crippen LogP contribution >= 0.6 is 11.6 Å². The molecule has 3 aromatic rings. The molecule has 29 heavy (non-hydrogen) atoms. The van der Waals surface area contributed by atoms with E-state index in [0.717, 1.165) is 15.8 Å². The zero-order valence-electron chi connectivity index (χ0n) is 15.9. The third kappa shape index (κ3) is 3.87. The largest absolute Gasteiger partial charge is 0.286 e. The Bertz CT molecular complexity index is 1110. The van der Waals surface area contributed by atoms with Gasteiger partial charge < -0.3 is 0 Å². The van der Waals surface area contributed by atoms with Gasteiger partial charge in [0.15, 0.2) is 5.65 Å². The highest BCUT2D eigenvalue weighted by Gasteiger charge is 2.33. The van der Waals surface area contributed by atoms with Crippen LogP contribution in [0, 0.1) is 5.82 Å². The summed E-state index contributed by atoms with van der Waals surface area (Å²) in [5.74, 6) is 0.464. The van der Waals surface area contributed by atoms with E-state index in [1.807, 2.05) is 28.8 Å². The summed E-state index contributed by atoms with van der Waals surface area (Å²) in [5, 5.41) is 8.69. The van der Waals surface area contributed by atoms with Crippen LogP contribution in [0.3, 0.4) is 0 Å². The summed E-state index contributed by atoms with van der Waals surface area (Å²) in [6, 6.07) is 10.0. The molecular formula is C19H21ClFN5O2S. The molecule has 0 saturated carbocycles. The lowest BCUT2D eigenvalue weighted by atomic mass is 9.97. The van der Waals surface area contributed by atoms with Crippen molar-refractivity contribution in [2.24, 2.45) is 0 Å². The van der Waals surface area contributed by atoms with E-state index in [1.165, 1.54) is 23.5 Å². The predicted octanol–water partition coefficient (Wildman–Crippen LogP) is 3.08. The van der Waals surface area contributed by atoms with Crippen molar-refractivity contribution >= 4 is 27.5 Å². The highest BCUT2D eigenvalue weighted by atomic mass is 35.5. The Balaban J connectivity index is 1.46. The molecule has 4 rings (SSSR count). The van der Waals surface area contributed by atoms with Gasteiger partial charge in [-0.05, 0) is 37.1 Å². The van der Waals surface area contributed by atoms with E-state index >= 15 is 0 Å². The minimum atomic E-state index is -3.73. The summed E-state index contributed by atoms with van der Waals surface area (Å²) >= 11 is 6.04. The Morgan fingerprint density at radius 3 is 2.66 bits per heavy atom. The maximum absolute atomic E-state index is 14.0.